The first-order chi connectivity index (χ1) is 16.2. The van der Waals surface area contributed by atoms with Gasteiger partial charge in [0, 0.05) is 30.8 Å². The minimum Gasteiger partial charge on any atom is -0.497 e. The van der Waals surface area contributed by atoms with Gasteiger partial charge in [0.05, 0.1) is 21.3 Å². The van der Waals surface area contributed by atoms with Gasteiger partial charge in [0.15, 0.2) is 5.11 Å². The highest BCUT2D eigenvalue weighted by Crippen LogP contribution is 2.26. The van der Waals surface area contributed by atoms with Gasteiger partial charge in [-0.2, -0.15) is 0 Å². The van der Waals surface area contributed by atoms with Crippen LogP contribution in [0.15, 0.2) is 47.4 Å². The molecule has 0 aliphatic heterocycles. The Morgan fingerprint density at radius 1 is 1.00 bits per heavy atom. The Bertz CT molecular complexity index is 1150. The molecule has 9 nitrogen and oxygen atoms in total. The van der Waals surface area contributed by atoms with Gasteiger partial charge in [-0.05, 0) is 61.5 Å². The summed E-state index contributed by atoms with van der Waals surface area (Å²) in [7, 11) is 0.557. The van der Waals surface area contributed by atoms with Gasteiger partial charge in [0.2, 0.25) is 5.91 Å². The third-order valence-electron chi connectivity index (χ3n) is 4.65. The molecule has 0 aliphatic rings. The average molecular weight is 508 g/mol. The van der Waals surface area contributed by atoms with Gasteiger partial charge in [0.25, 0.3) is 10.0 Å². The fraction of sp³-hybridized carbons (Fsp3) is 0.304. The van der Waals surface area contributed by atoms with Gasteiger partial charge in [-0.25, -0.2) is 8.42 Å². The molecule has 0 aromatic heterocycles. The van der Waals surface area contributed by atoms with E-state index in [-0.39, 0.29) is 21.7 Å². The van der Waals surface area contributed by atoms with Crippen LogP contribution in [0.4, 0.5) is 0 Å². The van der Waals surface area contributed by atoms with Crippen LogP contribution in [0.25, 0.3) is 6.08 Å². The minimum absolute atomic E-state index is 0.00231. The van der Waals surface area contributed by atoms with Crippen molar-refractivity contribution in [3.63, 3.8) is 0 Å². The Balaban J connectivity index is 2.03. The molecular weight excluding hydrogens is 478 g/mol. The van der Waals surface area contributed by atoms with E-state index in [1.165, 1.54) is 19.3 Å². The number of amides is 1. The number of nitrogens with one attached hydrogen (secondary N) is 3. The first-order valence-corrected chi connectivity index (χ1v) is 12.3. The summed E-state index contributed by atoms with van der Waals surface area (Å²) in [6.45, 7) is 2.59. The molecule has 0 atom stereocenters. The van der Waals surface area contributed by atoms with Gasteiger partial charge >= 0.3 is 0 Å². The van der Waals surface area contributed by atoms with E-state index in [1.807, 2.05) is 0 Å². The molecule has 11 heteroatoms. The van der Waals surface area contributed by atoms with Crippen LogP contribution in [0.3, 0.4) is 0 Å². The molecule has 0 aliphatic carbocycles. The molecule has 0 fully saturated rings. The quantitative estimate of drug-likeness (QED) is 0.313. The zero-order valence-corrected chi connectivity index (χ0v) is 21.1. The molecule has 0 radical (unpaired) electrons. The molecule has 0 saturated carbocycles. The highest BCUT2D eigenvalue weighted by molar-refractivity contribution is 7.92. The summed E-state index contributed by atoms with van der Waals surface area (Å²) in [6.07, 6.45) is 3.46. The Hall–Kier alpha value is -3.31. The van der Waals surface area contributed by atoms with E-state index >= 15 is 0 Å². The Morgan fingerprint density at radius 3 is 2.38 bits per heavy atom. The first kappa shape index (κ1) is 26.9. The summed E-state index contributed by atoms with van der Waals surface area (Å²) in [4.78, 5) is 12.2. The molecule has 0 heterocycles. The maximum absolute atomic E-state index is 12.7. The van der Waals surface area contributed by atoms with Gasteiger partial charge in [-0.1, -0.05) is 6.07 Å². The lowest BCUT2D eigenvalue weighted by Gasteiger charge is -2.14. The number of benzene rings is 2. The average Bonchev–Trinajstić information content (AvgIpc) is 2.82. The molecule has 0 bridgehead atoms. The highest BCUT2D eigenvalue weighted by Gasteiger charge is 2.21. The number of carbonyl (C=O) groups excluding carboxylic acids is 1. The summed E-state index contributed by atoms with van der Waals surface area (Å²) in [5, 5.41) is 5.52. The van der Waals surface area contributed by atoms with Crippen LogP contribution in [-0.2, 0) is 21.2 Å². The number of methoxy groups -OCH3 is 3. The number of hydrogen-bond donors (Lipinski definition) is 3. The number of carbonyl (C=O) groups is 1. The molecular formula is C23H29N3O6S2. The standard InChI is InChI=1S/C23H29N3O6S2/c1-5-24-23(33)26-34(28,29)21-14-16(6-10-19(21)31-3)12-13-25-22(27)11-8-17-7-9-18(30-2)15-20(17)32-4/h6-11,14-15H,5,12-13H2,1-4H3,(H,25,27)(H2,24,26,33)/b11-8+. The van der Waals surface area contributed by atoms with Gasteiger partial charge in [-0.15, -0.1) is 0 Å². The molecule has 0 saturated heterocycles. The van der Waals surface area contributed by atoms with E-state index < -0.39 is 10.0 Å². The second kappa shape index (κ2) is 12.8. The van der Waals surface area contributed by atoms with Crippen molar-refractivity contribution in [3.8, 4) is 17.2 Å². The van der Waals surface area contributed by atoms with Crippen LogP contribution in [0.5, 0.6) is 17.2 Å². The van der Waals surface area contributed by atoms with Crippen molar-refractivity contribution in [2.24, 2.45) is 0 Å². The van der Waals surface area contributed by atoms with Crippen LogP contribution in [-0.4, -0.2) is 53.9 Å². The summed E-state index contributed by atoms with van der Waals surface area (Å²) in [5.74, 6) is 1.13. The van der Waals surface area contributed by atoms with Gasteiger partial charge in [0.1, 0.15) is 22.1 Å². The second-order valence-corrected chi connectivity index (χ2v) is 8.99. The number of ether oxygens (including phenoxy) is 3. The molecule has 3 N–H and O–H groups in total. The van der Waals surface area contributed by atoms with E-state index in [9.17, 15) is 13.2 Å². The maximum Gasteiger partial charge on any atom is 0.267 e. The van der Waals surface area contributed by atoms with Crippen LogP contribution in [0, 0.1) is 0 Å². The monoisotopic (exact) mass is 507 g/mol. The minimum atomic E-state index is -3.94. The van der Waals surface area contributed by atoms with E-state index in [0.29, 0.717) is 36.6 Å². The Labute approximate surface area is 205 Å². The number of sulfonamides is 1. The fourth-order valence-electron chi connectivity index (χ4n) is 2.97. The molecule has 2 rings (SSSR count). The van der Waals surface area contributed by atoms with Crippen molar-refractivity contribution < 1.29 is 27.4 Å². The van der Waals surface area contributed by atoms with Crippen LogP contribution >= 0.6 is 12.2 Å². The fourth-order valence-corrected chi connectivity index (χ4v) is 4.59. The van der Waals surface area contributed by atoms with Crippen molar-refractivity contribution in [1.82, 2.24) is 15.4 Å². The Morgan fingerprint density at radius 2 is 1.74 bits per heavy atom. The van der Waals surface area contributed by atoms with Crippen molar-refractivity contribution in [2.75, 3.05) is 34.4 Å². The summed E-state index contributed by atoms with van der Waals surface area (Å²) >= 11 is 4.99. The van der Waals surface area contributed by atoms with Crippen molar-refractivity contribution in [2.45, 2.75) is 18.2 Å². The summed E-state index contributed by atoms with van der Waals surface area (Å²) in [6, 6.07) is 10.1. The smallest absolute Gasteiger partial charge is 0.267 e. The molecule has 184 valence electrons. The molecule has 2 aromatic carbocycles. The third-order valence-corrected chi connectivity index (χ3v) is 6.40. The normalized spacial score (nSPS) is 11.1. The predicted molar refractivity (Wildman–Crippen MR) is 135 cm³/mol. The van der Waals surface area contributed by atoms with Crippen LogP contribution in [0.2, 0.25) is 0 Å². The summed E-state index contributed by atoms with van der Waals surface area (Å²) < 4.78 is 43.4. The summed E-state index contributed by atoms with van der Waals surface area (Å²) in [5.41, 5.74) is 1.43. The number of hydrogen-bond acceptors (Lipinski definition) is 7. The van der Waals surface area contributed by atoms with E-state index in [0.717, 1.165) is 5.56 Å². The molecule has 2 aromatic rings. The van der Waals surface area contributed by atoms with Crippen LogP contribution in [0.1, 0.15) is 18.1 Å². The zero-order valence-electron chi connectivity index (χ0n) is 19.5. The first-order valence-electron chi connectivity index (χ1n) is 10.4. The Kier molecular flexibility index (Phi) is 10.1. The second-order valence-electron chi connectivity index (χ2n) is 6.93. The predicted octanol–water partition coefficient (Wildman–Crippen LogP) is 2.26. The number of thiocarbonyl (C=S) groups is 1. The van der Waals surface area contributed by atoms with E-state index in [4.69, 9.17) is 26.4 Å². The molecule has 34 heavy (non-hydrogen) atoms. The van der Waals surface area contributed by atoms with Crippen molar-refractivity contribution in [1.29, 1.82) is 0 Å². The van der Waals surface area contributed by atoms with E-state index in [1.54, 1.807) is 57.6 Å². The van der Waals surface area contributed by atoms with Gasteiger partial charge < -0.3 is 24.8 Å². The lowest BCUT2D eigenvalue weighted by molar-refractivity contribution is -0.116. The van der Waals surface area contributed by atoms with Crippen LogP contribution < -0.4 is 29.6 Å². The molecule has 0 unspecified atom stereocenters. The lowest BCUT2D eigenvalue weighted by Crippen LogP contribution is -2.39. The lowest BCUT2D eigenvalue weighted by atomic mass is 10.1. The molecule has 1 amide bonds. The topological polar surface area (TPSA) is 115 Å². The largest absolute Gasteiger partial charge is 0.497 e. The third kappa shape index (κ3) is 7.63. The van der Waals surface area contributed by atoms with Crippen molar-refractivity contribution in [3.05, 3.63) is 53.6 Å². The maximum atomic E-state index is 12.7. The molecule has 0 spiro atoms. The van der Waals surface area contributed by atoms with E-state index in [2.05, 4.69) is 15.4 Å². The van der Waals surface area contributed by atoms with Gasteiger partial charge in [-0.3, -0.25) is 9.52 Å². The zero-order chi connectivity index (χ0) is 25.1. The van der Waals surface area contributed by atoms with Crippen molar-refractivity contribution >= 4 is 39.3 Å². The number of rotatable bonds is 11. The highest BCUT2D eigenvalue weighted by atomic mass is 32.2. The SMILES string of the molecule is CCNC(=S)NS(=O)(=O)c1cc(CCNC(=O)/C=C/c2ccc(OC)cc2OC)ccc1OC.